The predicted octanol–water partition coefficient (Wildman–Crippen LogP) is 3.03. The van der Waals surface area contributed by atoms with Crippen molar-refractivity contribution in [3.63, 3.8) is 0 Å². The first kappa shape index (κ1) is 29.5. The van der Waals surface area contributed by atoms with E-state index in [1.807, 2.05) is 72.8 Å². The highest BCUT2D eigenvalue weighted by Gasteiger charge is 2.67. The Kier molecular flexibility index (Phi) is 7.69. The number of rotatable bonds is 8. The Morgan fingerprint density at radius 2 is 1.52 bits per heavy atom. The molecule has 1 saturated carbocycles. The van der Waals surface area contributed by atoms with Gasteiger partial charge in [0.1, 0.15) is 30.3 Å². The number of primary amides is 1. The fraction of sp³-hybridized carbons (Fsp3) is 0.314. The van der Waals surface area contributed by atoms with E-state index in [2.05, 4.69) is 0 Å². The Hall–Kier alpha value is -4.60. The maximum atomic E-state index is 14.3. The first-order chi connectivity index (χ1) is 21.1. The number of hydrogen-bond donors (Lipinski definition) is 2. The van der Waals surface area contributed by atoms with Crippen molar-refractivity contribution in [2.24, 2.45) is 23.5 Å². The molecule has 9 nitrogen and oxygen atoms in total. The Bertz CT molecular complexity index is 1670. The molecule has 9 heteroatoms. The lowest BCUT2D eigenvalue weighted by molar-refractivity contribution is -0.170. The third kappa shape index (κ3) is 4.82. The highest BCUT2D eigenvalue weighted by molar-refractivity contribution is 6.32. The van der Waals surface area contributed by atoms with Crippen LogP contribution in [0, 0.1) is 17.8 Å². The van der Waals surface area contributed by atoms with Crippen LogP contribution in [0.1, 0.15) is 33.5 Å². The molecule has 226 valence electrons. The lowest BCUT2D eigenvalue weighted by Crippen LogP contribution is -2.69. The summed E-state index contributed by atoms with van der Waals surface area (Å²) < 4.78 is 12.2. The maximum Gasteiger partial charge on any atom is 0.255 e. The summed E-state index contributed by atoms with van der Waals surface area (Å²) in [6, 6.07) is 23.2. The Morgan fingerprint density at radius 1 is 0.909 bits per heavy atom. The number of fused-ring (bicyclic) bond motifs is 3. The number of nitrogens with zero attached hydrogens (tertiary/aromatic N) is 1. The van der Waals surface area contributed by atoms with Crippen LogP contribution in [0.4, 0.5) is 0 Å². The molecule has 3 aromatic carbocycles. The molecule has 0 aliphatic heterocycles. The van der Waals surface area contributed by atoms with Crippen LogP contribution in [-0.4, -0.2) is 59.0 Å². The SMILES string of the molecule is CN(C)[C@H]1C(OCc2ccccc2)=C(C(N)=O)C(=O)[C@]2(O)C(=O)C3C(=O)c4c(cccc4OCc4ccccc4)C[C@@H]3C[C@H]12. The van der Waals surface area contributed by atoms with Gasteiger partial charge in [-0.25, -0.2) is 0 Å². The average Bonchev–Trinajstić information content (AvgIpc) is 3.01. The number of ether oxygens (including phenoxy) is 2. The van der Waals surface area contributed by atoms with Crippen molar-refractivity contribution >= 4 is 23.3 Å². The third-order valence-electron chi connectivity index (χ3n) is 9.09. The molecule has 1 fully saturated rings. The van der Waals surface area contributed by atoms with Gasteiger partial charge in [-0.3, -0.25) is 24.1 Å². The molecule has 6 rings (SSSR count). The molecule has 3 aromatic rings. The summed E-state index contributed by atoms with van der Waals surface area (Å²) >= 11 is 0. The van der Waals surface area contributed by atoms with Crippen molar-refractivity contribution in [2.75, 3.05) is 14.1 Å². The fourth-order valence-electron chi connectivity index (χ4n) is 7.11. The van der Waals surface area contributed by atoms with Crippen LogP contribution < -0.4 is 10.5 Å². The van der Waals surface area contributed by atoms with Crippen LogP contribution in [0.2, 0.25) is 0 Å². The minimum absolute atomic E-state index is 0.0245. The zero-order chi connectivity index (χ0) is 31.2. The zero-order valence-electron chi connectivity index (χ0n) is 24.6. The Labute approximate surface area is 255 Å². The number of Topliss-reactive ketones (excluding diaryl/α,β-unsaturated/α-hetero) is 3. The van der Waals surface area contributed by atoms with Crippen LogP contribution in [-0.2, 0) is 38.8 Å². The maximum absolute atomic E-state index is 14.3. The van der Waals surface area contributed by atoms with Crippen LogP contribution >= 0.6 is 0 Å². The topological polar surface area (TPSA) is 136 Å². The van der Waals surface area contributed by atoms with E-state index in [9.17, 15) is 24.3 Å². The van der Waals surface area contributed by atoms with Gasteiger partial charge in [0.2, 0.25) is 5.78 Å². The summed E-state index contributed by atoms with van der Waals surface area (Å²) in [6.07, 6.45) is 0.555. The van der Waals surface area contributed by atoms with Gasteiger partial charge >= 0.3 is 0 Å². The number of hydrogen-bond acceptors (Lipinski definition) is 8. The number of nitrogens with two attached hydrogens (primary N) is 1. The molecule has 0 spiro atoms. The van der Waals surface area contributed by atoms with Crippen molar-refractivity contribution in [1.82, 2.24) is 4.90 Å². The second-order valence-electron chi connectivity index (χ2n) is 12.0. The van der Waals surface area contributed by atoms with Gasteiger partial charge in [0, 0.05) is 5.92 Å². The second-order valence-corrected chi connectivity index (χ2v) is 12.0. The van der Waals surface area contributed by atoms with Crippen molar-refractivity contribution in [3.05, 3.63) is 112 Å². The Balaban J connectivity index is 1.38. The van der Waals surface area contributed by atoms with Gasteiger partial charge in [-0.2, -0.15) is 0 Å². The number of amides is 1. The van der Waals surface area contributed by atoms with E-state index in [0.29, 0.717) is 12.2 Å². The number of benzene rings is 3. The molecule has 44 heavy (non-hydrogen) atoms. The van der Waals surface area contributed by atoms with E-state index in [1.165, 1.54) is 0 Å². The van der Waals surface area contributed by atoms with E-state index in [0.717, 1.165) is 16.7 Å². The number of carbonyl (C=O) groups excluding carboxylic acids is 4. The smallest absolute Gasteiger partial charge is 0.255 e. The Morgan fingerprint density at radius 3 is 2.11 bits per heavy atom. The summed E-state index contributed by atoms with van der Waals surface area (Å²) in [5, 5.41) is 12.1. The molecule has 5 atom stereocenters. The minimum Gasteiger partial charge on any atom is -0.491 e. The van der Waals surface area contributed by atoms with Gasteiger partial charge in [-0.15, -0.1) is 0 Å². The van der Waals surface area contributed by atoms with Crippen LogP contribution in [0.15, 0.2) is 90.2 Å². The van der Waals surface area contributed by atoms with Crippen molar-refractivity contribution in [3.8, 4) is 5.75 Å². The molecular weight excluding hydrogens is 560 g/mol. The normalized spacial score (nSPS) is 26.1. The molecule has 0 heterocycles. The molecule has 0 saturated heterocycles. The average molecular weight is 595 g/mol. The molecule has 3 N–H and O–H groups in total. The van der Waals surface area contributed by atoms with Crippen LogP contribution in [0.25, 0.3) is 0 Å². The van der Waals surface area contributed by atoms with Gasteiger partial charge in [0.25, 0.3) is 5.91 Å². The first-order valence-corrected chi connectivity index (χ1v) is 14.6. The summed E-state index contributed by atoms with van der Waals surface area (Å²) in [7, 11) is 3.44. The van der Waals surface area contributed by atoms with E-state index in [1.54, 1.807) is 25.1 Å². The van der Waals surface area contributed by atoms with Crippen LogP contribution in [0.3, 0.4) is 0 Å². The summed E-state index contributed by atoms with van der Waals surface area (Å²) in [5.74, 6) is -6.00. The monoisotopic (exact) mass is 594 g/mol. The van der Waals surface area contributed by atoms with E-state index in [-0.39, 0.29) is 31.0 Å². The highest BCUT2D eigenvalue weighted by atomic mass is 16.5. The molecule has 0 aromatic heterocycles. The standard InChI is InChI=1S/C35H34N2O7/c1-37(2)29-24-17-23-16-22-14-9-15-25(43-18-20-10-5-3-6-11-20)26(22)30(38)27(23)32(39)35(24,42)33(40)28(34(36)41)31(29)44-19-21-12-7-4-8-13-21/h3-15,23-24,27,29,42H,16-19H2,1-2H3,(H2,36,41)/t23-,24-,27?,29-,35-/m1/s1. The number of carbonyl (C=O) groups is 4. The van der Waals surface area contributed by atoms with Gasteiger partial charge < -0.3 is 20.3 Å². The molecule has 3 aliphatic rings. The van der Waals surface area contributed by atoms with E-state index < -0.39 is 58.2 Å². The number of ketones is 3. The van der Waals surface area contributed by atoms with E-state index in [4.69, 9.17) is 15.2 Å². The summed E-state index contributed by atoms with van der Waals surface area (Å²) in [5.41, 5.74) is 5.26. The molecule has 1 amide bonds. The summed E-state index contributed by atoms with van der Waals surface area (Å²) in [6.45, 7) is 0.271. The number of aliphatic hydroxyl groups is 1. The minimum atomic E-state index is -2.63. The summed E-state index contributed by atoms with van der Waals surface area (Å²) in [4.78, 5) is 56.9. The van der Waals surface area contributed by atoms with Crippen molar-refractivity contribution in [1.29, 1.82) is 0 Å². The third-order valence-corrected chi connectivity index (χ3v) is 9.09. The zero-order valence-corrected chi connectivity index (χ0v) is 24.6. The van der Waals surface area contributed by atoms with Gasteiger partial charge in [-0.05, 0) is 55.6 Å². The van der Waals surface area contributed by atoms with Crippen molar-refractivity contribution < 1.29 is 33.8 Å². The van der Waals surface area contributed by atoms with Crippen LogP contribution in [0.5, 0.6) is 5.75 Å². The number of likely N-dealkylation sites (N-methyl/N-ethyl adjacent to an activating group) is 1. The van der Waals surface area contributed by atoms with E-state index >= 15 is 0 Å². The van der Waals surface area contributed by atoms with Crippen molar-refractivity contribution in [2.45, 2.75) is 37.7 Å². The molecule has 0 radical (unpaired) electrons. The molecular formula is C35H34N2O7. The highest BCUT2D eigenvalue weighted by Crippen LogP contribution is 2.51. The van der Waals surface area contributed by atoms with Gasteiger partial charge in [0.05, 0.1) is 17.5 Å². The first-order valence-electron chi connectivity index (χ1n) is 14.6. The quantitative estimate of drug-likeness (QED) is 0.300. The predicted molar refractivity (Wildman–Crippen MR) is 160 cm³/mol. The van der Waals surface area contributed by atoms with Gasteiger partial charge in [-0.1, -0.05) is 72.8 Å². The lowest BCUT2D eigenvalue weighted by atomic mass is 9.54. The molecule has 0 bridgehead atoms. The lowest BCUT2D eigenvalue weighted by Gasteiger charge is -2.52. The van der Waals surface area contributed by atoms with Gasteiger partial charge in [0.15, 0.2) is 17.2 Å². The largest absolute Gasteiger partial charge is 0.491 e. The second kappa shape index (κ2) is 11.5. The fourth-order valence-corrected chi connectivity index (χ4v) is 7.11. The molecule has 1 unspecified atom stereocenters. The molecule has 3 aliphatic carbocycles.